The second-order valence-electron chi connectivity index (χ2n) is 7.08. The molecule has 0 saturated carbocycles. The summed E-state index contributed by atoms with van der Waals surface area (Å²) >= 11 is 1.60. The lowest BCUT2D eigenvalue weighted by Crippen LogP contribution is -2.48. The Bertz CT molecular complexity index is 1080. The maximum Gasteiger partial charge on any atom is 0.350 e. The summed E-state index contributed by atoms with van der Waals surface area (Å²) in [6.07, 6.45) is 4.66. The molecule has 2 amide bonds. The molecule has 170 valence electrons. The fourth-order valence-electron chi connectivity index (χ4n) is 3.08. The van der Waals surface area contributed by atoms with Crippen molar-refractivity contribution < 1.29 is 14.3 Å². The summed E-state index contributed by atoms with van der Waals surface area (Å²) in [7, 11) is 0. The first-order valence-electron chi connectivity index (χ1n) is 10.4. The third-order valence-electron chi connectivity index (χ3n) is 4.71. The number of aryl methyl sites for hydroxylation is 1. The largest absolute Gasteiger partial charge is 0.484 e. The van der Waals surface area contributed by atoms with Crippen molar-refractivity contribution in [2.75, 3.05) is 25.2 Å². The van der Waals surface area contributed by atoms with Gasteiger partial charge in [-0.1, -0.05) is 24.3 Å². The van der Waals surface area contributed by atoms with Gasteiger partial charge in [-0.05, 0) is 49.1 Å². The highest BCUT2D eigenvalue weighted by Crippen LogP contribution is 2.08. The van der Waals surface area contributed by atoms with E-state index >= 15 is 0 Å². The summed E-state index contributed by atoms with van der Waals surface area (Å²) in [5.74, 6) is 0.713. The van der Waals surface area contributed by atoms with Gasteiger partial charge in [0.1, 0.15) is 11.8 Å². The topological polar surface area (TPSA) is 107 Å². The standard InChI is InChI=1S/C22H27N5O4S/c1-32-15-11-18(24-20(28)16-31-17-8-3-2-4-9-17)21(29)23-12-7-14-27-22(30)26-13-6-5-10-19(26)25-27/h2-6,8-10,13,18H,7,11-12,14-16H2,1H3,(H,23,29)(H,24,28). The predicted octanol–water partition coefficient (Wildman–Crippen LogP) is 1.32. The molecule has 1 unspecified atom stereocenters. The summed E-state index contributed by atoms with van der Waals surface area (Å²) in [5, 5.41) is 9.86. The lowest BCUT2D eigenvalue weighted by Gasteiger charge is -2.18. The van der Waals surface area contributed by atoms with Crippen LogP contribution in [0.5, 0.6) is 5.75 Å². The normalized spacial score (nSPS) is 11.8. The first-order chi connectivity index (χ1) is 15.6. The minimum atomic E-state index is -0.646. The number of amides is 2. The highest BCUT2D eigenvalue weighted by atomic mass is 32.2. The zero-order valence-corrected chi connectivity index (χ0v) is 18.7. The molecule has 0 aliphatic rings. The molecule has 0 spiro atoms. The Labute approximate surface area is 190 Å². The average Bonchev–Trinajstić information content (AvgIpc) is 3.14. The molecule has 3 aromatic rings. The van der Waals surface area contributed by atoms with Crippen molar-refractivity contribution >= 4 is 29.2 Å². The van der Waals surface area contributed by atoms with Crippen LogP contribution in [0.25, 0.3) is 5.65 Å². The minimum Gasteiger partial charge on any atom is -0.484 e. The molecule has 10 heteroatoms. The molecule has 0 saturated heterocycles. The first kappa shape index (κ1) is 23.4. The average molecular weight is 458 g/mol. The molecule has 1 atom stereocenters. The van der Waals surface area contributed by atoms with Gasteiger partial charge in [-0.15, -0.1) is 5.10 Å². The quantitative estimate of drug-likeness (QED) is 0.397. The van der Waals surface area contributed by atoms with Gasteiger partial charge in [-0.2, -0.15) is 11.8 Å². The Balaban J connectivity index is 1.46. The minimum absolute atomic E-state index is 0.163. The molecule has 0 aliphatic carbocycles. The third kappa shape index (κ3) is 6.61. The molecule has 32 heavy (non-hydrogen) atoms. The molecule has 9 nitrogen and oxygen atoms in total. The van der Waals surface area contributed by atoms with Crippen molar-refractivity contribution in [1.82, 2.24) is 24.8 Å². The van der Waals surface area contributed by atoms with Gasteiger partial charge in [0, 0.05) is 19.3 Å². The van der Waals surface area contributed by atoms with Crippen LogP contribution in [0.15, 0.2) is 59.5 Å². The second kappa shape index (κ2) is 11.9. The number of aromatic nitrogens is 3. The van der Waals surface area contributed by atoms with Gasteiger partial charge in [-0.25, -0.2) is 9.48 Å². The van der Waals surface area contributed by atoms with Gasteiger partial charge in [0.2, 0.25) is 5.91 Å². The van der Waals surface area contributed by atoms with E-state index < -0.39 is 6.04 Å². The number of carbonyl (C=O) groups excluding carboxylic acids is 2. The van der Waals surface area contributed by atoms with Crippen molar-refractivity contribution in [1.29, 1.82) is 0 Å². The van der Waals surface area contributed by atoms with Gasteiger partial charge >= 0.3 is 5.69 Å². The second-order valence-corrected chi connectivity index (χ2v) is 8.07. The van der Waals surface area contributed by atoms with Gasteiger partial charge in [0.05, 0.1) is 0 Å². The van der Waals surface area contributed by atoms with Crippen LogP contribution in [0, 0.1) is 0 Å². The molecule has 0 bridgehead atoms. The highest BCUT2D eigenvalue weighted by molar-refractivity contribution is 7.98. The van der Waals surface area contributed by atoms with Crippen LogP contribution in [0.3, 0.4) is 0 Å². The van der Waals surface area contributed by atoms with Crippen LogP contribution < -0.4 is 21.1 Å². The van der Waals surface area contributed by atoms with Crippen molar-refractivity contribution in [3.8, 4) is 5.75 Å². The molecule has 0 aliphatic heterocycles. The number of ether oxygens (including phenoxy) is 1. The van der Waals surface area contributed by atoms with Crippen LogP contribution in [-0.4, -0.2) is 57.2 Å². The Kier molecular flexibility index (Phi) is 8.73. The predicted molar refractivity (Wildman–Crippen MR) is 124 cm³/mol. The van der Waals surface area contributed by atoms with Gasteiger partial charge < -0.3 is 15.4 Å². The number of pyridine rings is 1. The molecular weight excluding hydrogens is 430 g/mol. The van der Waals surface area contributed by atoms with Crippen LogP contribution in [0.2, 0.25) is 0 Å². The highest BCUT2D eigenvalue weighted by Gasteiger charge is 2.20. The first-order valence-corrected chi connectivity index (χ1v) is 11.8. The van der Waals surface area contributed by atoms with Crippen LogP contribution in [-0.2, 0) is 16.1 Å². The number of benzene rings is 1. The molecule has 1 aromatic carbocycles. The Morgan fingerprint density at radius 1 is 1.16 bits per heavy atom. The summed E-state index contributed by atoms with van der Waals surface area (Å²) in [4.78, 5) is 37.2. The van der Waals surface area contributed by atoms with E-state index in [1.807, 2.05) is 30.5 Å². The molecular formula is C22H27N5O4S. The van der Waals surface area contributed by atoms with Gasteiger partial charge in [0.15, 0.2) is 12.3 Å². The van der Waals surface area contributed by atoms with E-state index in [2.05, 4.69) is 15.7 Å². The zero-order chi connectivity index (χ0) is 22.8. The molecule has 3 rings (SSSR count). The van der Waals surface area contributed by atoms with E-state index in [1.165, 1.54) is 9.08 Å². The number of thioether (sulfide) groups is 1. The lowest BCUT2D eigenvalue weighted by molar-refractivity contribution is -0.130. The maximum atomic E-state index is 12.6. The molecule has 2 heterocycles. The summed E-state index contributed by atoms with van der Waals surface area (Å²) < 4.78 is 8.31. The number of rotatable bonds is 12. The number of hydrogen-bond acceptors (Lipinski definition) is 6. The van der Waals surface area contributed by atoms with E-state index in [0.29, 0.717) is 37.3 Å². The third-order valence-corrected chi connectivity index (χ3v) is 5.35. The van der Waals surface area contributed by atoms with Crippen LogP contribution in [0.1, 0.15) is 12.8 Å². The molecule has 0 radical (unpaired) electrons. The monoisotopic (exact) mass is 457 g/mol. The van der Waals surface area contributed by atoms with Crippen molar-refractivity contribution in [3.63, 3.8) is 0 Å². The number of fused-ring (bicyclic) bond motifs is 1. The van der Waals surface area contributed by atoms with Crippen molar-refractivity contribution in [2.45, 2.75) is 25.4 Å². The number of nitrogens with zero attached hydrogens (tertiary/aromatic N) is 3. The fourth-order valence-corrected chi connectivity index (χ4v) is 3.55. The Hall–Kier alpha value is -3.27. The van der Waals surface area contributed by atoms with Gasteiger partial charge in [-0.3, -0.25) is 14.0 Å². The summed E-state index contributed by atoms with van der Waals surface area (Å²) in [6.45, 7) is 0.586. The van der Waals surface area contributed by atoms with E-state index in [0.717, 1.165) is 5.75 Å². The maximum absolute atomic E-state index is 12.6. The zero-order valence-electron chi connectivity index (χ0n) is 17.9. The van der Waals surface area contributed by atoms with E-state index in [4.69, 9.17) is 4.74 Å². The van der Waals surface area contributed by atoms with E-state index in [1.54, 1.807) is 42.2 Å². The number of carbonyl (C=O) groups is 2. The van der Waals surface area contributed by atoms with Crippen molar-refractivity contribution in [3.05, 3.63) is 65.2 Å². The van der Waals surface area contributed by atoms with E-state index in [-0.39, 0.29) is 24.1 Å². The Morgan fingerprint density at radius 3 is 2.69 bits per heavy atom. The number of nitrogens with one attached hydrogen (secondary N) is 2. The van der Waals surface area contributed by atoms with Crippen molar-refractivity contribution in [2.24, 2.45) is 0 Å². The molecule has 0 fully saturated rings. The summed E-state index contributed by atoms with van der Waals surface area (Å²) in [5.41, 5.74) is 0.370. The molecule has 2 aromatic heterocycles. The molecule has 2 N–H and O–H groups in total. The van der Waals surface area contributed by atoms with Crippen LogP contribution in [0.4, 0.5) is 0 Å². The Morgan fingerprint density at radius 2 is 1.94 bits per heavy atom. The number of hydrogen-bond donors (Lipinski definition) is 2. The SMILES string of the molecule is CSCCC(NC(=O)COc1ccccc1)C(=O)NCCCn1nc2ccccn2c1=O. The van der Waals surface area contributed by atoms with E-state index in [9.17, 15) is 14.4 Å². The van der Waals surface area contributed by atoms with Crippen LogP contribution >= 0.6 is 11.8 Å². The lowest BCUT2D eigenvalue weighted by atomic mass is 10.2. The number of para-hydroxylation sites is 1. The summed E-state index contributed by atoms with van der Waals surface area (Å²) in [6, 6.07) is 13.7. The van der Waals surface area contributed by atoms with Gasteiger partial charge in [0.25, 0.3) is 5.91 Å². The fraction of sp³-hybridized carbons (Fsp3) is 0.364. The smallest absolute Gasteiger partial charge is 0.350 e.